The first-order valence-corrected chi connectivity index (χ1v) is 12.2. The number of carbonyl (C=O) groups excluding carboxylic acids is 1. The molecule has 162 valence electrons. The van der Waals surface area contributed by atoms with Crippen LogP contribution in [0.15, 0.2) is 60.0 Å². The minimum absolute atomic E-state index is 0.0692. The zero-order valence-electron chi connectivity index (χ0n) is 16.5. The maximum absolute atomic E-state index is 12.8. The molecule has 2 N–H and O–H groups in total. The molecule has 4 heterocycles. The number of rotatable bonds is 7. The molecule has 3 aromatic rings. The topological polar surface area (TPSA) is 117 Å². The third-order valence-corrected chi connectivity index (χ3v) is 7.47. The van der Waals surface area contributed by atoms with Crippen LogP contribution in [0.1, 0.15) is 16.1 Å². The summed E-state index contributed by atoms with van der Waals surface area (Å²) >= 11 is 1.73. The summed E-state index contributed by atoms with van der Waals surface area (Å²) in [5.41, 5.74) is 1.04. The van der Waals surface area contributed by atoms with Crippen molar-refractivity contribution in [1.82, 2.24) is 19.3 Å². The SMILES string of the molecule is O=C(Nc1ncccc1OCc1ccncc1)c1cc(S(=O)(=O)N2CCSCC2)c[nH]1. The van der Waals surface area contributed by atoms with Gasteiger partial charge in [0.15, 0.2) is 11.6 Å². The summed E-state index contributed by atoms with van der Waals surface area (Å²) < 4.78 is 32.8. The van der Waals surface area contributed by atoms with Gasteiger partial charge in [-0.05, 0) is 35.9 Å². The van der Waals surface area contributed by atoms with Crippen molar-refractivity contribution in [3.8, 4) is 5.75 Å². The zero-order valence-corrected chi connectivity index (χ0v) is 18.2. The number of nitrogens with zero attached hydrogens (tertiary/aromatic N) is 3. The molecule has 0 radical (unpaired) electrons. The van der Waals surface area contributed by atoms with E-state index in [1.165, 1.54) is 22.8 Å². The van der Waals surface area contributed by atoms with Crippen molar-refractivity contribution in [2.24, 2.45) is 0 Å². The summed E-state index contributed by atoms with van der Waals surface area (Å²) in [6.07, 6.45) is 6.22. The lowest BCUT2D eigenvalue weighted by Crippen LogP contribution is -2.37. The van der Waals surface area contributed by atoms with E-state index in [-0.39, 0.29) is 23.0 Å². The lowest BCUT2D eigenvalue weighted by atomic mass is 10.3. The summed E-state index contributed by atoms with van der Waals surface area (Å²) in [6.45, 7) is 1.22. The Kier molecular flexibility index (Phi) is 6.54. The Labute approximate surface area is 184 Å². The molecule has 1 amide bonds. The normalized spacial score (nSPS) is 14.8. The molecule has 0 aliphatic carbocycles. The molecular weight excluding hydrogens is 438 g/mol. The third kappa shape index (κ3) is 5.06. The van der Waals surface area contributed by atoms with Gasteiger partial charge in [-0.25, -0.2) is 13.4 Å². The summed E-state index contributed by atoms with van der Waals surface area (Å²) in [5, 5.41) is 2.68. The molecule has 31 heavy (non-hydrogen) atoms. The van der Waals surface area contributed by atoms with E-state index in [4.69, 9.17) is 4.74 Å². The van der Waals surface area contributed by atoms with Gasteiger partial charge in [-0.2, -0.15) is 16.1 Å². The van der Waals surface area contributed by atoms with Gasteiger partial charge in [-0.15, -0.1) is 0 Å². The van der Waals surface area contributed by atoms with Crippen molar-refractivity contribution in [3.05, 3.63) is 66.4 Å². The van der Waals surface area contributed by atoms with E-state index in [9.17, 15) is 13.2 Å². The van der Waals surface area contributed by atoms with Crippen LogP contribution in [0.5, 0.6) is 5.75 Å². The number of anilines is 1. The molecule has 1 saturated heterocycles. The van der Waals surface area contributed by atoms with Crippen LogP contribution in [0.3, 0.4) is 0 Å². The fourth-order valence-corrected chi connectivity index (χ4v) is 5.58. The van der Waals surface area contributed by atoms with Crippen molar-refractivity contribution in [2.75, 3.05) is 29.9 Å². The largest absolute Gasteiger partial charge is 0.485 e. The number of hydrogen-bond acceptors (Lipinski definition) is 7. The van der Waals surface area contributed by atoms with Gasteiger partial charge in [-0.1, -0.05) is 0 Å². The quantitative estimate of drug-likeness (QED) is 0.557. The monoisotopic (exact) mass is 459 g/mol. The number of nitrogens with one attached hydrogen (secondary N) is 2. The van der Waals surface area contributed by atoms with Gasteiger partial charge in [0.05, 0.1) is 0 Å². The highest BCUT2D eigenvalue weighted by molar-refractivity contribution is 7.99. The van der Waals surface area contributed by atoms with Crippen LogP contribution in [-0.2, 0) is 16.6 Å². The lowest BCUT2D eigenvalue weighted by Gasteiger charge is -2.24. The van der Waals surface area contributed by atoms with Gasteiger partial charge in [0.25, 0.3) is 5.91 Å². The summed E-state index contributed by atoms with van der Waals surface area (Å²) in [7, 11) is -3.63. The summed E-state index contributed by atoms with van der Waals surface area (Å²) in [6, 6.07) is 8.40. The number of thioether (sulfide) groups is 1. The van der Waals surface area contributed by atoms with Crippen LogP contribution in [0.25, 0.3) is 0 Å². The van der Waals surface area contributed by atoms with Gasteiger partial charge < -0.3 is 15.0 Å². The Morgan fingerprint density at radius 1 is 1.19 bits per heavy atom. The number of amides is 1. The summed E-state index contributed by atoms with van der Waals surface area (Å²) in [4.78, 5) is 23.7. The molecule has 0 unspecified atom stereocenters. The Balaban J connectivity index is 1.46. The highest BCUT2D eigenvalue weighted by Gasteiger charge is 2.28. The summed E-state index contributed by atoms with van der Waals surface area (Å²) in [5.74, 6) is 1.66. The van der Waals surface area contributed by atoms with Crippen LogP contribution >= 0.6 is 11.8 Å². The predicted molar refractivity (Wildman–Crippen MR) is 118 cm³/mol. The Bertz CT molecular complexity index is 1150. The molecular formula is C20H21N5O4S2. The fourth-order valence-electron chi connectivity index (χ4n) is 3.01. The molecule has 1 aliphatic rings. The predicted octanol–water partition coefficient (Wildman–Crippen LogP) is 2.37. The van der Waals surface area contributed by atoms with Crippen molar-refractivity contribution < 1.29 is 17.9 Å². The first kappa shape index (κ1) is 21.3. The van der Waals surface area contributed by atoms with Crippen molar-refractivity contribution in [3.63, 3.8) is 0 Å². The molecule has 9 nitrogen and oxygen atoms in total. The van der Waals surface area contributed by atoms with Crippen molar-refractivity contribution >= 4 is 33.5 Å². The van der Waals surface area contributed by atoms with Gasteiger partial charge in [0.1, 0.15) is 17.2 Å². The number of H-pyrrole nitrogens is 1. The Hall–Kier alpha value is -2.89. The van der Waals surface area contributed by atoms with Gasteiger partial charge >= 0.3 is 0 Å². The van der Waals surface area contributed by atoms with E-state index < -0.39 is 15.9 Å². The van der Waals surface area contributed by atoms with Crippen LogP contribution in [-0.4, -0.2) is 58.2 Å². The average Bonchev–Trinajstić information content (AvgIpc) is 3.31. The molecule has 11 heteroatoms. The van der Waals surface area contributed by atoms with Crippen LogP contribution in [0.4, 0.5) is 5.82 Å². The number of aromatic amines is 1. The van der Waals surface area contributed by atoms with Gasteiger partial charge in [0, 0.05) is 49.4 Å². The number of aromatic nitrogens is 3. The van der Waals surface area contributed by atoms with E-state index in [1.54, 1.807) is 36.3 Å². The van der Waals surface area contributed by atoms with Crippen LogP contribution in [0, 0.1) is 0 Å². The van der Waals surface area contributed by atoms with Gasteiger partial charge in [0.2, 0.25) is 10.0 Å². The number of ether oxygens (including phenoxy) is 1. The Morgan fingerprint density at radius 2 is 1.97 bits per heavy atom. The molecule has 1 fully saturated rings. The second kappa shape index (κ2) is 9.50. The average molecular weight is 460 g/mol. The molecule has 0 atom stereocenters. The Morgan fingerprint density at radius 3 is 2.74 bits per heavy atom. The van der Waals surface area contributed by atoms with Crippen molar-refractivity contribution in [2.45, 2.75) is 11.5 Å². The second-order valence-electron chi connectivity index (χ2n) is 6.71. The highest BCUT2D eigenvalue weighted by atomic mass is 32.2. The van der Waals surface area contributed by atoms with Gasteiger partial charge in [-0.3, -0.25) is 9.78 Å². The highest BCUT2D eigenvalue weighted by Crippen LogP contribution is 2.24. The van der Waals surface area contributed by atoms with E-state index in [2.05, 4.69) is 20.3 Å². The molecule has 1 aliphatic heterocycles. The maximum Gasteiger partial charge on any atom is 0.273 e. The molecule has 3 aromatic heterocycles. The molecule has 0 spiro atoms. The van der Waals surface area contributed by atoms with E-state index >= 15 is 0 Å². The van der Waals surface area contributed by atoms with Crippen LogP contribution < -0.4 is 10.1 Å². The van der Waals surface area contributed by atoms with E-state index in [0.29, 0.717) is 18.8 Å². The lowest BCUT2D eigenvalue weighted by molar-refractivity contribution is 0.102. The standard InChI is InChI=1S/C20H21N5O4S2/c26-20(17-12-16(13-23-17)31(27,28)25-8-10-30-11-9-25)24-19-18(2-1-5-22-19)29-14-15-3-6-21-7-4-15/h1-7,12-13,23H,8-11,14H2,(H,22,24,26). The zero-order chi connectivity index (χ0) is 21.7. The molecule has 0 aromatic carbocycles. The van der Waals surface area contributed by atoms with Crippen molar-refractivity contribution in [1.29, 1.82) is 0 Å². The number of pyridine rings is 2. The van der Waals surface area contributed by atoms with E-state index in [0.717, 1.165) is 17.1 Å². The smallest absolute Gasteiger partial charge is 0.273 e. The van der Waals surface area contributed by atoms with E-state index in [1.807, 2.05) is 12.1 Å². The fraction of sp³-hybridized carbons (Fsp3) is 0.250. The number of sulfonamides is 1. The first-order valence-electron chi connectivity index (χ1n) is 9.58. The maximum atomic E-state index is 12.8. The minimum atomic E-state index is -3.63. The number of carbonyl (C=O) groups is 1. The van der Waals surface area contributed by atoms with Crippen LogP contribution in [0.2, 0.25) is 0 Å². The molecule has 0 bridgehead atoms. The third-order valence-electron chi connectivity index (χ3n) is 4.66. The first-order chi connectivity index (χ1) is 15.0. The molecule has 0 saturated carbocycles. The minimum Gasteiger partial charge on any atom is -0.485 e. The second-order valence-corrected chi connectivity index (χ2v) is 9.88. The number of hydrogen-bond donors (Lipinski definition) is 2. The molecule has 4 rings (SSSR count).